The minimum atomic E-state index is -0.161. The van der Waals surface area contributed by atoms with Crippen molar-refractivity contribution in [3.05, 3.63) is 124 Å². The highest BCUT2D eigenvalue weighted by Crippen LogP contribution is 2.23. The van der Waals surface area contributed by atoms with Crippen LogP contribution in [0.5, 0.6) is 5.75 Å². The summed E-state index contributed by atoms with van der Waals surface area (Å²) in [6.07, 6.45) is 0. The van der Waals surface area contributed by atoms with Crippen LogP contribution in [0, 0.1) is 6.92 Å². The number of ether oxygens (including phenoxy) is 1. The Labute approximate surface area is 193 Å². The number of hydrogen-bond acceptors (Lipinski definition) is 3. The molecule has 0 spiro atoms. The van der Waals surface area contributed by atoms with Crippen molar-refractivity contribution < 1.29 is 13.9 Å². The van der Waals surface area contributed by atoms with E-state index in [-0.39, 0.29) is 12.5 Å². The van der Waals surface area contributed by atoms with Gasteiger partial charge in [0.15, 0.2) is 5.76 Å². The van der Waals surface area contributed by atoms with E-state index in [0.29, 0.717) is 35.4 Å². The molecule has 0 bridgehead atoms. The van der Waals surface area contributed by atoms with Crippen LogP contribution < -0.4 is 4.74 Å². The largest absolute Gasteiger partial charge is 0.486 e. The van der Waals surface area contributed by atoms with Crippen LogP contribution in [0.2, 0.25) is 5.02 Å². The molecule has 0 fully saturated rings. The van der Waals surface area contributed by atoms with Gasteiger partial charge in [0.05, 0.1) is 0 Å². The molecule has 0 radical (unpaired) electrons. The number of carbonyl (C=O) groups is 1. The first-order valence-electron chi connectivity index (χ1n) is 10.4. The highest BCUT2D eigenvalue weighted by atomic mass is 35.5. The third-order valence-corrected chi connectivity index (χ3v) is 5.53. The summed E-state index contributed by atoms with van der Waals surface area (Å²) in [5.41, 5.74) is 3.06. The van der Waals surface area contributed by atoms with E-state index in [9.17, 15) is 4.79 Å². The molecule has 0 aliphatic carbocycles. The average Bonchev–Trinajstić information content (AvgIpc) is 3.29. The van der Waals surface area contributed by atoms with E-state index in [1.165, 1.54) is 0 Å². The molecule has 1 amide bonds. The van der Waals surface area contributed by atoms with Gasteiger partial charge >= 0.3 is 0 Å². The molecule has 5 heteroatoms. The Kier molecular flexibility index (Phi) is 6.93. The number of aryl methyl sites for hydroxylation is 1. The molecule has 4 rings (SSSR count). The normalized spacial score (nSPS) is 10.7. The maximum Gasteiger partial charge on any atom is 0.290 e. The lowest BCUT2D eigenvalue weighted by molar-refractivity contribution is 0.0693. The molecule has 4 aromatic rings. The first kappa shape index (κ1) is 21.7. The smallest absolute Gasteiger partial charge is 0.290 e. The van der Waals surface area contributed by atoms with Crippen LogP contribution >= 0.6 is 11.6 Å². The molecule has 0 atom stereocenters. The van der Waals surface area contributed by atoms with Gasteiger partial charge in [0, 0.05) is 18.1 Å². The minimum Gasteiger partial charge on any atom is -0.486 e. The van der Waals surface area contributed by atoms with Crippen LogP contribution in [-0.4, -0.2) is 10.8 Å². The second kappa shape index (κ2) is 10.2. The number of nitrogens with zero attached hydrogens (tertiary/aromatic N) is 1. The minimum absolute atomic E-state index is 0.161. The molecule has 0 saturated heterocycles. The molecular weight excluding hydrogens is 422 g/mol. The van der Waals surface area contributed by atoms with E-state index in [4.69, 9.17) is 20.8 Å². The van der Waals surface area contributed by atoms with Crippen molar-refractivity contribution in [3.63, 3.8) is 0 Å². The molecule has 0 aliphatic heterocycles. The van der Waals surface area contributed by atoms with E-state index in [2.05, 4.69) is 0 Å². The van der Waals surface area contributed by atoms with Gasteiger partial charge in [-0.3, -0.25) is 4.79 Å². The topological polar surface area (TPSA) is 42.7 Å². The second-order valence-electron chi connectivity index (χ2n) is 7.60. The molecule has 1 heterocycles. The third kappa shape index (κ3) is 5.59. The zero-order valence-corrected chi connectivity index (χ0v) is 18.6. The van der Waals surface area contributed by atoms with E-state index in [1.807, 2.05) is 79.7 Å². The van der Waals surface area contributed by atoms with Crippen LogP contribution in [0.4, 0.5) is 0 Å². The quantitative estimate of drug-likeness (QED) is 0.304. The van der Waals surface area contributed by atoms with Crippen LogP contribution in [0.1, 0.15) is 33.0 Å². The molecule has 32 heavy (non-hydrogen) atoms. The van der Waals surface area contributed by atoms with Gasteiger partial charge in [-0.25, -0.2) is 0 Å². The van der Waals surface area contributed by atoms with E-state index in [0.717, 1.165) is 16.7 Å². The molecule has 3 aromatic carbocycles. The summed E-state index contributed by atoms with van der Waals surface area (Å²) in [5.74, 6) is 1.42. The summed E-state index contributed by atoms with van der Waals surface area (Å²) in [6, 6.07) is 28.9. The zero-order valence-electron chi connectivity index (χ0n) is 17.8. The van der Waals surface area contributed by atoms with Gasteiger partial charge in [0.2, 0.25) is 0 Å². The molecule has 0 unspecified atom stereocenters. The number of furan rings is 1. The lowest BCUT2D eigenvalue weighted by atomic mass is 10.1. The van der Waals surface area contributed by atoms with Gasteiger partial charge in [-0.05, 0) is 53.9 Å². The van der Waals surface area contributed by atoms with Crippen LogP contribution in [0.3, 0.4) is 0 Å². The zero-order chi connectivity index (χ0) is 22.3. The Morgan fingerprint density at radius 3 is 2.09 bits per heavy atom. The maximum atomic E-state index is 13.3. The summed E-state index contributed by atoms with van der Waals surface area (Å²) < 4.78 is 11.6. The number of halogens is 1. The van der Waals surface area contributed by atoms with Crippen LogP contribution in [0.15, 0.2) is 95.4 Å². The monoisotopic (exact) mass is 445 g/mol. The summed E-state index contributed by atoms with van der Waals surface area (Å²) in [7, 11) is 0. The number of benzene rings is 3. The van der Waals surface area contributed by atoms with Gasteiger partial charge in [0.25, 0.3) is 5.91 Å². The number of hydrogen-bond donors (Lipinski definition) is 0. The van der Waals surface area contributed by atoms with Crippen molar-refractivity contribution in [1.82, 2.24) is 4.90 Å². The van der Waals surface area contributed by atoms with Gasteiger partial charge in [-0.1, -0.05) is 72.3 Å². The van der Waals surface area contributed by atoms with Crippen molar-refractivity contribution in [2.75, 3.05) is 0 Å². The molecular formula is C27H24ClNO3. The summed E-state index contributed by atoms with van der Waals surface area (Å²) in [4.78, 5) is 15.1. The Balaban J connectivity index is 1.47. The number of amides is 1. The summed E-state index contributed by atoms with van der Waals surface area (Å²) >= 11 is 6.07. The van der Waals surface area contributed by atoms with E-state index >= 15 is 0 Å². The molecule has 162 valence electrons. The Bertz CT molecular complexity index is 1130. The Hall–Kier alpha value is -3.50. The Morgan fingerprint density at radius 1 is 0.875 bits per heavy atom. The van der Waals surface area contributed by atoms with Gasteiger partial charge in [-0.15, -0.1) is 0 Å². The van der Waals surface area contributed by atoms with Crippen molar-refractivity contribution in [1.29, 1.82) is 0 Å². The van der Waals surface area contributed by atoms with Crippen molar-refractivity contribution in [3.8, 4) is 5.75 Å². The summed E-state index contributed by atoms with van der Waals surface area (Å²) in [5, 5.41) is 0.695. The molecule has 0 aliphatic rings. The molecule has 4 nitrogen and oxygen atoms in total. The highest BCUT2D eigenvalue weighted by Gasteiger charge is 2.20. The third-order valence-electron chi connectivity index (χ3n) is 5.10. The fraction of sp³-hybridized carbons (Fsp3) is 0.148. The maximum absolute atomic E-state index is 13.3. The SMILES string of the molecule is Cc1cc(OCc2ccc(C(=O)N(Cc3ccccc3)Cc3ccccc3)o2)ccc1Cl. The summed E-state index contributed by atoms with van der Waals surface area (Å²) in [6.45, 7) is 3.13. The first-order valence-corrected chi connectivity index (χ1v) is 10.8. The highest BCUT2D eigenvalue weighted by molar-refractivity contribution is 6.31. The van der Waals surface area contributed by atoms with Crippen molar-refractivity contribution >= 4 is 17.5 Å². The standard InChI is InChI=1S/C27H24ClNO3/c1-20-16-23(12-14-25(20)28)31-19-24-13-15-26(32-24)27(30)29(17-21-8-4-2-5-9-21)18-22-10-6-3-7-11-22/h2-16H,17-19H2,1H3. The van der Waals surface area contributed by atoms with E-state index < -0.39 is 0 Å². The molecule has 0 N–H and O–H groups in total. The van der Waals surface area contributed by atoms with Gasteiger partial charge in [0.1, 0.15) is 18.1 Å². The Morgan fingerprint density at radius 2 is 1.50 bits per heavy atom. The number of rotatable bonds is 8. The molecule has 0 saturated carbocycles. The van der Waals surface area contributed by atoms with Crippen LogP contribution in [-0.2, 0) is 19.7 Å². The predicted octanol–water partition coefficient (Wildman–Crippen LogP) is 6.66. The van der Waals surface area contributed by atoms with Crippen LogP contribution in [0.25, 0.3) is 0 Å². The fourth-order valence-corrected chi connectivity index (χ4v) is 3.51. The lowest BCUT2D eigenvalue weighted by Crippen LogP contribution is -2.29. The second-order valence-corrected chi connectivity index (χ2v) is 8.01. The molecule has 1 aromatic heterocycles. The van der Waals surface area contributed by atoms with E-state index in [1.54, 1.807) is 23.1 Å². The van der Waals surface area contributed by atoms with Gasteiger partial charge in [-0.2, -0.15) is 0 Å². The van der Waals surface area contributed by atoms with Crippen molar-refractivity contribution in [2.45, 2.75) is 26.6 Å². The average molecular weight is 446 g/mol. The first-order chi connectivity index (χ1) is 15.6. The predicted molar refractivity (Wildman–Crippen MR) is 126 cm³/mol. The fourth-order valence-electron chi connectivity index (χ4n) is 3.39. The lowest BCUT2D eigenvalue weighted by Gasteiger charge is -2.22. The number of carbonyl (C=O) groups excluding carboxylic acids is 1. The van der Waals surface area contributed by atoms with Gasteiger partial charge < -0.3 is 14.1 Å². The van der Waals surface area contributed by atoms with Crippen molar-refractivity contribution in [2.24, 2.45) is 0 Å².